The first-order valence-electron chi connectivity index (χ1n) is 6.21. The maximum absolute atomic E-state index is 12.1. The lowest BCUT2D eigenvalue weighted by Crippen LogP contribution is -2.13. The monoisotopic (exact) mass is 382 g/mol. The van der Waals surface area contributed by atoms with Gasteiger partial charge in [0.05, 0.1) is 14.4 Å². The molecule has 108 valence electrons. The van der Waals surface area contributed by atoms with Gasteiger partial charge in [0.1, 0.15) is 0 Å². The molecule has 0 radical (unpaired) electrons. The highest BCUT2D eigenvalue weighted by Crippen LogP contribution is 2.33. The molecule has 0 fully saturated rings. The Morgan fingerprint density at radius 2 is 2.29 bits per heavy atom. The molecule has 3 heterocycles. The minimum Gasteiger partial charge on any atom is -0.296 e. The fourth-order valence-corrected chi connectivity index (χ4v) is 3.84. The summed E-state index contributed by atoms with van der Waals surface area (Å²) < 4.78 is 2.77. The van der Waals surface area contributed by atoms with E-state index >= 15 is 0 Å². The van der Waals surface area contributed by atoms with Crippen molar-refractivity contribution in [3.05, 3.63) is 39.3 Å². The maximum Gasteiger partial charge on any atom is 0.277 e. The summed E-state index contributed by atoms with van der Waals surface area (Å²) in [5.41, 5.74) is 1.26. The number of amides is 1. The first kappa shape index (κ1) is 14.4. The van der Waals surface area contributed by atoms with Gasteiger partial charge in [0.2, 0.25) is 0 Å². The molecule has 21 heavy (non-hydrogen) atoms. The summed E-state index contributed by atoms with van der Waals surface area (Å²) in [4.78, 5) is 17.6. The van der Waals surface area contributed by atoms with Crippen LogP contribution < -0.4 is 5.32 Å². The van der Waals surface area contributed by atoms with E-state index < -0.39 is 0 Å². The van der Waals surface area contributed by atoms with Crippen LogP contribution in [0.1, 0.15) is 17.4 Å². The highest BCUT2D eigenvalue weighted by molar-refractivity contribution is 9.11. The summed E-state index contributed by atoms with van der Waals surface area (Å²) in [5, 5.41) is 9.45. The number of hydrogen-bond acceptors (Lipinski definition) is 5. The molecule has 1 amide bonds. The van der Waals surface area contributed by atoms with E-state index in [1.807, 2.05) is 24.4 Å². The minimum absolute atomic E-state index is 0.240. The molecule has 0 aliphatic rings. The Bertz CT molecular complexity index is 777. The predicted octanol–water partition coefficient (Wildman–Crippen LogP) is 4.10. The summed E-state index contributed by atoms with van der Waals surface area (Å²) in [7, 11) is 0. The van der Waals surface area contributed by atoms with Crippen molar-refractivity contribution in [3.63, 3.8) is 0 Å². The quantitative estimate of drug-likeness (QED) is 0.738. The molecule has 0 atom stereocenters. The molecule has 3 aromatic rings. The number of thiophene rings is 1. The Morgan fingerprint density at radius 1 is 1.43 bits per heavy atom. The van der Waals surface area contributed by atoms with Crippen molar-refractivity contribution < 1.29 is 4.79 Å². The standard InChI is InChI=1S/C13H11BrN4OS2/c1-2-18-6-5-8(17-18)12(19)16-13-15-9(7-20-13)10-3-4-11(14)21-10/h3-7H,2H2,1H3,(H,15,16,19). The Morgan fingerprint density at radius 3 is 2.95 bits per heavy atom. The van der Waals surface area contributed by atoms with Gasteiger partial charge in [0.15, 0.2) is 10.8 Å². The van der Waals surface area contributed by atoms with Crippen LogP contribution in [-0.2, 0) is 6.54 Å². The van der Waals surface area contributed by atoms with Crippen molar-refractivity contribution >= 4 is 49.6 Å². The lowest BCUT2D eigenvalue weighted by atomic mass is 10.4. The number of halogens is 1. The molecule has 0 saturated heterocycles. The second-order valence-electron chi connectivity index (χ2n) is 4.15. The highest BCUT2D eigenvalue weighted by Gasteiger charge is 2.13. The average molecular weight is 383 g/mol. The Kier molecular flexibility index (Phi) is 4.18. The molecule has 0 spiro atoms. The Labute approximate surface area is 137 Å². The van der Waals surface area contributed by atoms with Crippen molar-refractivity contribution in [3.8, 4) is 10.6 Å². The van der Waals surface area contributed by atoms with Crippen molar-refractivity contribution in [1.82, 2.24) is 14.8 Å². The van der Waals surface area contributed by atoms with Gasteiger partial charge < -0.3 is 0 Å². The maximum atomic E-state index is 12.1. The first-order valence-corrected chi connectivity index (χ1v) is 8.70. The van der Waals surface area contributed by atoms with Crippen LogP contribution in [0.4, 0.5) is 5.13 Å². The van der Waals surface area contributed by atoms with E-state index in [9.17, 15) is 4.79 Å². The van der Waals surface area contributed by atoms with Crippen LogP contribution in [-0.4, -0.2) is 20.7 Å². The van der Waals surface area contributed by atoms with Crippen LogP contribution in [0, 0.1) is 0 Å². The molecule has 5 nitrogen and oxygen atoms in total. The van der Waals surface area contributed by atoms with Crippen molar-refractivity contribution in [1.29, 1.82) is 0 Å². The minimum atomic E-state index is -0.240. The lowest BCUT2D eigenvalue weighted by Gasteiger charge is -1.98. The lowest BCUT2D eigenvalue weighted by molar-refractivity contribution is 0.102. The topological polar surface area (TPSA) is 59.8 Å². The van der Waals surface area contributed by atoms with Crippen LogP contribution >= 0.6 is 38.6 Å². The third kappa shape index (κ3) is 3.22. The van der Waals surface area contributed by atoms with Crippen LogP contribution in [0.25, 0.3) is 10.6 Å². The van der Waals surface area contributed by atoms with Gasteiger partial charge in [-0.15, -0.1) is 22.7 Å². The van der Waals surface area contributed by atoms with Gasteiger partial charge in [-0.05, 0) is 41.1 Å². The molecular formula is C13H11BrN4OS2. The van der Waals surface area contributed by atoms with Crippen molar-refractivity contribution in [2.45, 2.75) is 13.5 Å². The zero-order valence-electron chi connectivity index (χ0n) is 11.0. The van der Waals surface area contributed by atoms with Crippen LogP contribution in [0.15, 0.2) is 33.6 Å². The summed E-state index contributed by atoms with van der Waals surface area (Å²) >= 11 is 6.44. The zero-order chi connectivity index (χ0) is 14.8. The van der Waals surface area contributed by atoms with E-state index in [4.69, 9.17) is 0 Å². The zero-order valence-corrected chi connectivity index (χ0v) is 14.3. The SMILES string of the molecule is CCn1ccc(C(=O)Nc2nc(-c3ccc(Br)s3)cs2)n1. The fraction of sp³-hybridized carbons (Fsp3) is 0.154. The highest BCUT2D eigenvalue weighted by atomic mass is 79.9. The number of anilines is 1. The van der Waals surface area contributed by atoms with Crippen molar-refractivity contribution in [2.75, 3.05) is 5.32 Å². The summed E-state index contributed by atoms with van der Waals surface area (Å²) in [5.74, 6) is -0.240. The predicted molar refractivity (Wildman–Crippen MR) is 89.0 cm³/mol. The Hall–Kier alpha value is -1.51. The van der Waals surface area contributed by atoms with Gasteiger partial charge in [0.25, 0.3) is 5.91 Å². The smallest absolute Gasteiger partial charge is 0.277 e. The second kappa shape index (κ2) is 6.08. The number of hydrogen-bond donors (Lipinski definition) is 1. The molecule has 0 aliphatic heterocycles. The van der Waals surface area contributed by atoms with E-state index in [0.717, 1.165) is 20.9 Å². The largest absolute Gasteiger partial charge is 0.296 e. The van der Waals surface area contributed by atoms with Crippen LogP contribution in [0.3, 0.4) is 0 Å². The van der Waals surface area contributed by atoms with Gasteiger partial charge in [-0.3, -0.25) is 14.8 Å². The molecule has 8 heteroatoms. The summed E-state index contributed by atoms with van der Waals surface area (Å²) in [6.45, 7) is 2.71. The first-order chi connectivity index (χ1) is 10.2. The molecular weight excluding hydrogens is 372 g/mol. The number of thiazole rings is 1. The van der Waals surface area contributed by atoms with Gasteiger partial charge in [-0.25, -0.2) is 4.98 Å². The number of rotatable bonds is 4. The number of aryl methyl sites for hydroxylation is 1. The fourth-order valence-electron chi connectivity index (χ4n) is 1.72. The number of aromatic nitrogens is 3. The average Bonchev–Trinajstić information content (AvgIpc) is 3.17. The van der Waals surface area contributed by atoms with E-state index in [2.05, 4.69) is 31.3 Å². The molecule has 3 aromatic heterocycles. The van der Waals surface area contributed by atoms with Crippen LogP contribution in [0.5, 0.6) is 0 Å². The summed E-state index contributed by atoms with van der Waals surface area (Å²) in [6.07, 6.45) is 1.78. The molecule has 0 bridgehead atoms. The van der Waals surface area contributed by atoms with Gasteiger partial charge in [-0.2, -0.15) is 5.10 Å². The second-order valence-corrected chi connectivity index (χ2v) is 7.47. The van der Waals surface area contributed by atoms with E-state index in [1.165, 1.54) is 11.3 Å². The van der Waals surface area contributed by atoms with E-state index in [0.29, 0.717) is 10.8 Å². The Balaban J connectivity index is 1.73. The normalized spacial score (nSPS) is 10.8. The van der Waals surface area contributed by atoms with E-state index in [-0.39, 0.29) is 5.91 Å². The molecule has 0 unspecified atom stereocenters. The molecule has 0 aromatic carbocycles. The number of carbonyl (C=O) groups excluding carboxylic acids is 1. The molecule has 0 aliphatic carbocycles. The number of carbonyl (C=O) groups is 1. The molecule has 0 saturated carbocycles. The molecule has 3 rings (SSSR count). The van der Waals surface area contributed by atoms with Gasteiger partial charge in [0, 0.05) is 18.1 Å². The van der Waals surface area contributed by atoms with E-state index in [1.54, 1.807) is 28.3 Å². The van der Waals surface area contributed by atoms with Crippen molar-refractivity contribution in [2.24, 2.45) is 0 Å². The van der Waals surface area contributed by atoms with Crippen LogP contribution in [0.2, 0.25) is 0 Å². The third-order valence-electron chi connectivity index (χ3n) is 2.75. The number of nitrogens with one attached hydrogen (secondary N) is 1. The summed E-state index contributed by atoms with van der Waals surface area (Å²) in [6, 6.07) is 5.68. The van der Waals surface area contributed by atoms with Gasteiger partial charge in [-0.1, -0.05) is 0 Å². The molecule has 1 N–H and O–H groups in total. The van der Waals surface area contributed by atoms with Gasteiger partial charge >= 0.3 is 0 Å². The third-order valence-corrected chi connectivity index (χ3v) is 5.15. The number of nitrogens with zero attached hydrogens (tertiary/aromatic N) is 3.